The van der Waals surface area contributed by atoms with Crippen molar-refractivity contribution in [2.75, 3.05) is 20.1 Å². The Bertz CT molecular complexity index is 618. The SMILES string of the molecule is C[C@@H](C(=O)N[C@H]1CNCC[C@H]2CC[C@@H](C=O)N2C1=O)N(C)C(=O)OC(C)(C)C. The van der Waals surface area contributed by atoms with E-state index in [2.05, 4.69) is 10.6 Å². The van der Waals surface area contributed by atoms with Gasteiger partial charge in [0.05, 0.1) is 6.04 Å². The zero-order valence-electron chi connectivity index (χ0n) is 17.4. The molecule has 28 heavy (non-hydrogen) atoms. The molecule has 2 fully saturated rings. The van der Waals surface area contributed by atoms with E-state index < -0.39 is 35.7 Å². The first-order chi connectivity index (χ1) is 13.0. The highest BCUT2D eigenvalue weighted by molar-refractivity contribution is 5.92. The number of aldehydes is 1. The Morgan fingerprint density at radius 1 is 1.32 bits per heavy atom. The van der Waals surface area contributed by atoms with Crippen molar-refractivity contribution in [3.63, 3.8) is 0 Å². The van der Waals surface area contributed by atoms with Crippen LogP contribution in [0.25, 0.3) is 0 Å². The summed E-state index contributed by atoms with van der Waals surface area (Å²) in [5.74, 6) is -0.709. The Morgan fingerprint density at radius 3 is 2.61 bits per heavy atom. The summed E-state index contributed by atoms with van der Waals surface area (Å²) in [6, 6.07) is -2.02. The van der Waals surface area contributed by atoms with Gasteiger partial charge in [-0.1, -0.05) is 0 Å². The van der Waals surface area contributed by atoms with Gasteiger partial charge in [-0.3, -0.25) is 14.5 Å². The first-order valence-corrected chi connectivity index (χ1v) is 9.79. The lowest BCUT2D eigenvalue weighted by Crippen LogP contribution is -2.60. The van der Waals surface area contributed by atoms with Crippen LogP contribution in [0.3, 0.4) is 0 Å². The summed E-state index contributed by atoms with van der Waals surface area (Å²) in [6.45, 7) is 7.81. The third-order valence-electron chi connectivity index (χ3n) is 5.22. The van der Waals surface area contributed by atoms with Gasteiger partial charge in [0.25, 0.3) is 0 Å². The molecule has 4 atom stereocenters. The van der Waals surface area contributed by atoms with Gasteiger partial charge in [-0.05, 0) is 53.5 Å². The molecule has 2 N–H and O–H groups in total. The Hall–Kier alpha value is -2.16. The zero-order valence-corrected chi connectivity index (χ0v) is 17.4. The van der Waals surface area contributed by atoms with Gasteiger partial charge >= 0.3 is 6.09 Å². The maximum absolute atomic E-state index is 13.0. The number of nitrogens with zero attached hydrogens (tertiary/aromatic N) is 2. The van der Waals surface area contributed by atoms with Gasteiger partial charge in [0, 0.05) is 19.6 Å². The van der Waals surface area contributed by atoms with Gasteiger partial charge in [0.15, 0.2) is 0 Å². The standard InChI is InChI=1S/C19H32N4O5/c1-12(22(5)18(27)28-19(2,3)4)16(25)21-15-10-20-9-8-13-6-7-14(11-24)23(13)17(15)26/h11-15,20H,6-10H2,1-5H3,(H,21,25)/t12-,13+,14-,15-/m0/s1. The van der Waals surface area contributed by atoms with E-state index in [0.29, 0.717) is 13.0 Å². The van der Waals surface area contributed by atoms with Crippen molar-refractivity contribution < 1.29 is 23.9 Å². The third-order valence-corrected chi connectivity index (χ3v) is 5.22. The topological polar surface area (TPSA) is 108 Å². The lowest BCUT2D eigenvalue weighted by molar-refractivity contribution is -0.141. The molecule has 3 amide bonds. The summed E-state index contributed by atoms with van der Waals surface area (Å²) in [4.78, 5) is 52.1. The highest BCUT2D eigenvalue weighted by atomic mass is 16.6. The highest BCUT2D eigenvalue weighted by Crippen LogP contribution is 2.26. The Labute approximate surface area is 166 Å². The molecule has 2 saturated heterocycles. The molecule has 0 unspecified atom stereocenters. The number of hydrogen-bond donors (Lipinski definition) is 2. The molecule has 0 radical (unpaired) electrons. The van der Waals surface area contributed by atoms with E-state index in [0.717, 1.165) is 19.1 Å². The van der Waals surface area contributed by atoms with Crippen LogP contribution in [0.15, 0.2) is 0 Å². The van der Waals surface area contributed by atoms with Crippen molar-refractivity contribution in [3.8, 4) is 0 Å². The average molecular weight is 396 g/mol. The van der Waals surface area contributed by atoms with Gasteiger partial charge in [-0.25, -0.2) is 4.79 Å². The fourth-order valence-corrected chi connectivity index (χ4v) is 3.53. The quantitative estimate of drug-likeness (QED) is 0.661. The maximum atomic E-state index is 13.0. The Kier molecular flexibility index (Phi) is 7.03. The molecule has 9 nitrogen and oxygen atoms in total. The predicted molar refractivity (Wildman–Crippen MR) is 103 cm³/mol. The molecular formula is C19H32N4O5. The van der Waals surface area contributed by atoms with Gasteiger partial charge < -0.3 is 25.1 Å². The first-order valence-electron chi connectivity index (χ1n) is 9.79. The van der Waals surface area contributed by atoms with Crippen LogP contribution in [-0.4, -0.2) is 83.9 Å². The second-order valence-electron chi connectivity index (χ2n) is 8.50. The Balaban J connectivity index is 2.05. The molecule has 0 saturated carbocycles. The van der Waals surface area contributed by atoms with Crippen LogP contribution < -0.4 is 10.6 Å². The minimum Gasteiger partial charge on any atom is -0.444 e. The molecule has 158 valence electrons. The van der Waals surface area contributed by atoms with Crippen molar-refractivity contribution in [1.29, 1.82) is 0 Å². The molecule has 0 bridgehead atoms. The Morgan fingerprint density at radius 2 is 2.00 bits per heavy atom. The van der Waals surface area contributed by atoms with Gasteiger partial charge in [-0.15, -0.1) is 0 Å². The van der Waals surface area contributed by atoms with Crippen LogP contribution in [0.4, 0.5) is 4.79 Å². The number of ether oxygens (including phenoxy) is 1. The molecule has 2 heterocycles. The van der Waals surface area contributed by atoms with Gasteiger partial charge in [-0.2, -0.15) is 0 Å². The molecule has 2 aliphatic rings. The molecule has 0 aromatic rings. The second-order valence-corrected chi connectivity index (χ2v) is 8.50. The van der Waals surface area contributed by atoms with Crippen molar-refractivity contribution in [2.24, 2.45) is 0 Å². The predicted octanol–water partition coefficient (Wildman–Crippen LogP) is 0.278. The van der Waals surface area contributed by atoms with E-state index in [1.165, 1.54) is 11.9 Å². The number of nitrogens with one attached hydrogen (secondary N) is 2. The van der Waals surface area contributed by atoms with Crippen molar-refractivity contribution in [1.82, 2.24) is 20.4 Å². The van der Waals surface area contributed by atoms with E-state index in [1.807, 2.05) is 0 Å². The number of amides is 3. The molecule has 0 aromatic heterocycles. The normalized spacial score (nSPS) is 26.5. The molecule has 2 rings (SSSR count). The molecule has 0 aromatic carbocycles. The van der Waals surface area contributed by atoms with E-state index in [-0.39, 0.29) is 18.5 Å². The molecule has 2 aliphatic heterocycles. The number of carbonyl (C=O) groups is 4. The van der Waals surface area contributed by atoms with Crippen LogP contribution in [0, 0.1) is 0 Å². The van der Waals surface area contributed by atoms with Crippen LogP contribution in [-0.2, 0) is 19.1 Å². The molecular weight excluding hydrogens is 364 g/mol. The van der Waals surface area contributed by atoms with E-state index in [9.17, 15) is 19.2 Å². The van der Waals surface area contributed by atoms with Crippen molar-refractivity contribution >= 4 is 24.2 Å². The molecule has 0 spiro atoms. The maximum Gasteiger partial charge on any atom is 0.410 e. The first kappa shape index (κ1) is 22.1. The monoisotopic (exact) mass is 396 g/mol. The van der Waals surface area contributed by atoms with E-state index in [1.54, 1.807) is 32.6 Å². The molecule has 0 aliphatic carbocycles. The summed E-state index contributed by atoms with van der Waals surface area (Å²) < 4.78 is 5.28. The van der Waals surface area contributed by atoms with Crippen molar-refractivity contribution in [3.05, 3.63) is 0 Å². The van der Waals surface area contributed by atoms with Gasteiger partial charge in [0.1, 0.15) is 24.0 Å². The minimum atomic E-state index is -0.815. The van der Waals surface area contributed by atoms with E-state index in [4.69, 9.17) is 4.74 Å². The van der Waals surface area contributed by atoms with Crippen LogP contribution >= 0.6 is 0 Å². The highest BCUT2D eigenvalue weighted by Gasteiger charge is 2.41. The minimum absolute atomic E-state index is 0.0109. The largest absolute Gasteiger partial charge is 0.444 e. The lowest BCUT2D eigenvalue weighted by Gasteiger charge is -2.35. The summed E-state index contributed by atoms with van der Waals surface area (Å²) in [6.07, 6.45) is 2.42. The van der Waals surface area contributed by atoms with Gasteiger partial charge in [0.2, 0.25) is 11.8 Å². The average Bonchev–Trinajstić information content (AvgIpc) is 3.01. The number of hydrogen-bond acceptors (Lipinski definition) is 6. The van der Waals surface area contributed by atoms with Crippen molar-refractivity contribution in [2.45, 2.75) is 76.7 Å². The smallest absolute Gasteiger partial charge is 0.410 e. The number of rotatable bonds is 4. The fraction of sp³-hybridized carbons (Fsp3) is 0.789. The summed E-state index contributed by atoms with van der Waals surface area (Å²) in [5.41, 5.74) is -0.671. The van der Waals surface area contributed by atoms with Crippen LogP contribution in [0.5, 0.6) is 0 Å². The second kappa shape index (κ2) is 8.89. The summed E-state index contributed by atoms with van der Waals surface area (Å²) >= 11 is 0. The number of likely N-dealkylation sites (N-methyl/N-ethyl adjacent to an activating group) is 1. The third kappa shape index (κ3) is 5.21. The lowest BCUT2D eigenvalue weighted by atomic mass is 10.1. The van der Waals surface area contributed by atoms with E-state index >= 15 is 0 Å². The number of fused-ring (bicyclic) bond motifs is 1. The van der Waals surface area contributed by atoms with Crippen LogP contribution in [0.2, 0.25) is 0 Å². The van der Waals surface area contributed by atoms with Crippen LogP contribution in [0.1, 0.15) is 47.0 Å². The fourth-order valence-electron chi connectivity index (χ4n) is 3.53. The zero-order chi connectivity index (χ0) is 21.1. The summed E-state index contributed by atoms with van der Waals surface area (Å²) in [5, 5.41) is 5.92. The number of carbonyl (C=O) groups excluding carboxylic acids is 4. The summed E-state index contributed by atoms with van der Waals surface area (Å²) in [7, 11) is 1.48. The molecule has 9 heteroatoms.